The molecule has 0 aromatic rings. The van der Waals surface area contributed by atoms with E-state index in [1.54, 1.807) is 0 Å². The lowest BCUT2D eigenvalue weighted by molar-refractivity contribution is 0.0498. The summed E-state index contributed by atoms with van der Waals surface area (Å²) < 4.78 is 11.2. The van der Waals surface area contributed by atoms with Gasteiger partial charge < -0.3 is 14.6 Å². The Bertz CT molecular complexity index is 142. The minimum atomic E-state index is 0.167. The van der Waals surface area contributed by atoms with Crippen LogP contribution in [0.2, 0.25) is 0 Å². The van der Waals surface area contributed by atoms with Crippen molar-refractivity contribution in [2.45, 2.75) is 25.6 Å². The fourth-order valence-corrected chi connectivity index (χ4v) is 2.16. The van der Waals surface area contributed by atoms with E-state index in [1.165, 1.54) is 0 Å². The summed E-state index contributed by atoms with van der Waals surface area (Å²) in [5.74, 6) is 0.762. The van der Waals surface area contributed by atoms with Crippen LogP contribution < -0.4 is 0 Å². The van der Waals surface area contributed by atoms with Crippen LogP contribution in [0.1, 0.15) is 13.3 Å². The number of aliphatic hydroxyl groups excluding tert-OH is 1. The van der Waals surface area contributed by atoms with Gasteiger partial charge in [-0.25, -0.2) is 0 Å². The Morgan fingerprint density at radius 3 is 2.33 bits per heavy atom. The Balaban J connectivity index is 2.01. The molecule has 1 N–H and O–H groups in total. The van der Waals surface area contributed by atoms with Crippen molar-refractivity contribution in [3.63, 3.8) is 0 Å². The molecule has 2 rings (SSSR count). The lowest BCUT2D eigenvalue weighted by Crippen LogP contribution is -2.27. The molecule has 2 aliphatic rings. The first-order valence-corrected chi connectivity index (χ1v) is 4.71. The molecule has 3 nitrogen and oxygen atoms in total. The highest BCUT2D eigenvalue weighted by molar-refractivity contribution is 4.92. The summed E-state index contributed by atoms with van der Waals surface area (Å²) in [7, 11) is 0. The molecule has 0 radical (unpaired) electrons. The summed E-state index contributed by atoms with van der Waals surface area (Å²) in [5.41, 5.74) is 0. The van der Waals surface area contributed by atoms with E-state index >= 15 is 0 Å². The highest BCUT2D eigenvalue weighted by Gasteiger charge is 2.46. The molecule has 0 aliphatic carbocycles. The number of hydrogen-bond donors (Lipinski definition) is 1. The molecule has 3 heteroatoms. The van der Waals surface area contributed by atoms with Gasteiger partial charge in [-0.05, 0) is 6.42 Å². The largest absolute Gasteiger partial charge is 0.396 e. The van der Waals surface area contributed by atoms with Crippen molar-refractivity contribution in [2.75, 3.05) is 19.8 Å². The molecule has 2 fully saturated rings. The quantitative estimate of drug-likeness (QED) is 0.656. The molecule has 12 heavy (non-hydrogen) atoms. The van der Waals surface area contributed by atoms with Crippen molar-refractivity contribution in [3.8, 4) is 0 Å². The molecular weight excluding hydrogens is 156 g/mol. The minimum Gasteiger partial charge on any atom is -0.396 e. The highest BCUT2D eigenvalue weighted by Crippen LogP contribution is 2.35. The van der Waals surface area contributed by atoms with E-state index in [0.717, 1.165) is 13.0 Å². The fraction of sp³-hybridized carbons (Fsp3) is 1.00. The van der Waals surface area contributed by atoms with E-state index < -0.39 is 0 Å². The Hall–Kier alpha value is -0.120. The zero-order chi connectivity index (χ0) is 8.55. The van der Waals surface area contributed by atoms with Gasteiger partial charge in [-0.2, -0.15) is 0 Å². The number of fused-ring (bicyclic) bond motifs is 1. The summed E-state index contributed by atoms with van der Waals surface area (Å²) in [5, 5.41) is 9.01. The maximum atomic E-state index is 9.01. The van der Waals surface area contributed by atoms with Gasteiger partial charge in [0.1, 0.15) is 0 Å². The molecule has 0 saturated carbocycles. The van der Waals surface area contributed by atoms with Gasteiger partial charge in [0.2, 0.25) is 0 Å². The maximum absolute atomic E-state index is 9.01. The van der Waals surface area contributed by atoms with Gasteiger partial charge in [-0.1, -0.05) is 6.92 Å². The highest BCUT2D eigenvalue weighted by atomic mass is 16.6. The van der Waals surface area contributed by atoms with E-state index in [9.17, 15) is 0 Å². The average molecular weight is 172 g/mol. The van der Waals surface area contributed by atoms with Crippen molar-refractivity contribution < 1.29 is 14.6 Å². The van der Waals surface area contributed by atoms with Gasteiger partial charge in [-0.15, -0.1) is 0 Å². The molecule has 2 unspecified atom stereocenters. The van der Waals surface area contributed by atoms with Crippen LogP contribution in [0.4, 0.5) is 0 Å². The third-order valence-corrected chi connectivity index (χ3v) is 3.02. The Morgan fingerprint density at radius 1 is 1.17 bits per heavy atom. The first-order valence-electron chi connectivity index (χ1n) is 4.71. The third kappa shape index (κ3) is 1.16. The number of aliphatic hydroxyl groups is 1. The topological polar surface area (TPSA) is 38.7 Å². The van der Waals surface area contributed by atoms with E-state index in [1.807, 2.05) is 0 Å². The molecule has 70 valence electrons. The first-order chi connectivity index (χ1) is 5.86. The normalized spacial score (nSPS) is 46.5. The second-order valence-electron chi connectivity index (χ2n) is 3.71. The molecule has 2 saturated heterocycles. The molecule has 2 aliphatic heterocycles. The molecule has 0 aromatic heterocycles. The smallest absolute Gasteiger partial charge is 0.0912 e. The molecule has 0 bridgehead atoms. The van der Waals surface area contributed by atoms with Gasteiger partial charge in [0.15, 0.2) is 0 Å². The second kappa shape index (κ2) is 3.32. The number of hydrogen-bond acceptors (Lipinski definition) is 3. The first kappa shape index (κ1) is 8.48. The molecular formula is C9H16O3. The van der Waals surface area contributed by atoms with Crippen LogP contribution in [0, 0.1) is 11.8 Å². The summed E-state index contributed by atoms with van der Waals surface area (Å²) in [6, 6.07) is 0. The van der Waals surface area contributed by atoms with Crippen LogP contribution in [0.3, 0.4) is 0 Å². The molecule has 0 amide bonds. The van der Waals surface area contributed by atoms with Gasteiger partial charge in [0.25, 0.3) is 0 Å². The van der Waals surface area contributed by atoms with Crippen molar-refractivity contribution in [1.82, 2.24) is 0 Å². The zero-order valence-electron chi connectivity index (χ0n) is 7.40. The molecule has 4 atom stereocenters. The Labute approximate surface area is 72.7 Å². The van der Waals surface area contributed by atoms with E-state index in [2.05, 4.69) is 6.92 Å². The zero-order valence-corrected chi connectivity index (χ0v) is 7.40. The molecule has 2 heterocycles. The van der Waals surface area contributed by atoms with Crippen molar-refractivity contribution >= 4 is 0 Å². The fourth-order valence-electron chi connectivity index (χ4n) is 2.16. The van der Waals surface area contributed by atoms with Crippen LogP contribution in [-0.2, 0) is 9.47 Å². The van der Waals surface area contributed by atoms with Crippen LogP contribution in [0.15, 0.2) is 0 Å². The van der Waals surface area contributed by atoms with Crippen molar-refractivity contribution in [2.24, 2.45) is 11.8 Å². The maximum Gasteiger partial charge on any atom is 0.0912 e. The van der Waals surface area contributed by atoms with Crippen LogP contribution in [0.5, 0.6) is 0 Å². The standard InChI is InChI=1S/C9H16O3/c1-2-6-4-11-9-7(3-10)5-12-8(6)9/h6-10H,2-5H2,1H3/t6-,7-,8?,9?/m1/s1. The van der Waals surface area contributed by atoms with E-state index in [4.69, 9.17) is 14.6 Å². The van der Waals surface area contributed by atoms with Gasteiger partial charge in [-0.3, -0.25) is 0 Å². The Kier molecular flexibility index (Phi) is 2.35. The SMILES string of the molecule is CC[C@@H]1COC2C1OC[C@H]2CO. The second-order valence-corrected chi connectivity index (χ2v) is 3.71. The van der Waals surface area contributed by atoms with Crippen LogP contribution in [-0.4, -0.2) is 37.1 Å². The van der Waals surface area contributed by atoms with Crippen molar-refractivity contribution in [3.05, 3.63) is 0 Å². The summed E-state index contributed by atoms with van der Waals surface area (Å²) in [4.78, 5) is 0. The van der Waals surface area contributed by atoms with Crippen molar-refractivity contribution in [1.29, 1.82) is 0 Å². The lowest BCUT2D eigenvalue weighted by atomic mass is 9.95. The summed E-state index contributed by atoms with van der Waals surface area (Å²) >= 11 is 0. The van der Waals surface area contributed by atoms with E-state index in [-0.39, 0.29) is 24.7 Å². The Morgan fingerprint density at radius 2 is 1.75 bits per heavy atom. The molecule has 0 aromatic carbocycles. The third-order valence-electron chi connectivity index (χ3n) is 3.02. The lowest BCUT2D eigenvalue weighted by Gasteiger charge is -2.13. The van der Waals surface area contributed by atoms with E-state index in [0.29, 0.717) is 12.5 Å². The summed E-state index contributed by atoms with van der Waals surface area (Å²) in [6.07, 6.45) is 1.53. The predicted octanol–water partition coefficient (Wildman–Crippen LogP) is 0.419. The van der Waals surface area contributed by atoms with Gasteiger partial charge in [0.05, 0.1) is 32.0 Å². The summed E-state index contributed by atoms with van der Waals surface area (Å²) in [6.45, 7) is 3.83. The monoisotopic (exact) mass is 172 g/mol. The minimum absolute atomic E-state index is 0.167. The average Bonchev–Trinajstić information content (AvgIpc) is 2.62. The van der Waals surface area contributed by atoms with Crippen LogP contribution in [0.25, 0.3) is 0 Å². The van der Waals surface area contributed by atoms with Gasteiger partial charge >= 0.3 is 0 Å². The van der Waals surface area contributed by atoms with Gasteiger partial charge in [0, 0.05) is 11.8 Å². The molecule has 0 spiro atoms. The predicted molar refractivity (Wildman–Crippen MR) is 43.8 cm³/mol. The van der Waals surface area contributed by atoms with Crippen LogP contribution >= 0.6 is 0 Å². The number of ether oxygens (including phenoxy) is 2. The number of rotatable bonds is 2.